The lowest BCUT2D eigenvalue weighted by atomic mass is 9.94. The second-order valence-corrected chi connectivity index (χ2v) is 9.35. The Hall–Kier alpha value is -1.19. The van der Waals surface area contributed by atoms with Gasteiger partial charge in [-0.1, -0.05) is 11.3 Å². The SMILES string of the molecule is CCOC(=O)c1cnc(N2CCOC3(CCS(=N)(=O)CC3)C2)s1. The summed E-state index contributed by atoms with van der Waals surface area (Å²) in [6, 6.07) is 0. The third kappa shape index (κ3) is 3.67. The molecule has 1 aromatic heterocycles. The van der Waals surface area contributed by atoms with Gasteiger partial charge in [0, 0.05) is 34.3 Å². The molecule has 2 fully saturated rings. The lowest BCUT2D eigenvalue weighted by Crippen LogP contribution is -2.55. The molecule has 1 spiro atoms. The fourth-order valence-corrected chi connectivity index (χ4v) is 5.39. The summed E-state index contributed by atoms with van der Waals surface area (Å²) in [5.41, 5.74) is -0.337. The topological polar surface area (TPSA) is 92.6 Å². The number of hydrogen-bond acceptors (Lipinski definition) is 8. The van der Waals surface area contributed by atoms with Crippen LogP contribution in [0.1, 0.15) is 29.4 Å². The molecule has 1 N–H and O–H groups in total. The van der Waals surface area contributed by atoms with E-state index in [1.807, 2.05) is 0 Å². The molecule has 3 rings (SSSR count). The lowest BCUT2D eigenvalue weighted by Gasteiger charge is -2.45. The van der Waals surface area contributed by atoms with Crippen LogP contribution in [-0.2, 0) is 19.2 Å². The number of nitrogens with zero attached hydrogens (tertiary/aromatic N) is 2. The number of morpholine rings is 1. The van der Waals surface area contributed by atoms with Gasteiger partial charge in [0.1, 0.15) is 4.88 Å². The van der Waals surface area contributed by atoms with Crippen LogP contribution >= 0.6 is 11.3 Å². The maximum absolute atomic E-state index is 11.9. The Balaban J connectivity index is 1.71. The molecule has 0 bridgehead atoms. The number of carbonyl (C=O) groups is 1. The van der Waals surface area contributed by atoms with E-state index in [4.69, 9.17) is 14.3 Å². The third-order valence-electron chi connectivity index (χ3n) is 4.26. The molecule has 0 unspecified atom stereocenters. The van der Waals surface area contributed by atoms with Crippen molar-refractivity contribution in [3.8, 4) is 0 Å². The van der Waals surface area contributed by atoms with Crippen molar-refractivity contribution in [1.82, 2.24) is 4.98 Å². The second-order valence-electron chi connectivity index (χ2n) is 5.90. The highest BCUT2D eigenvalue weighted by molar-refractivity contribution is 7.92. The zero-order valence-electron chi connectivity index (χ0n) is 13.1. The first-order valence-electron chi connectivity index (χ1n) is 7.69. The van der Waals surface area contributed by atoms with Gasteiger partial charge in [-0.05, 0) is 19.8 Å². The molecule has 2 saturated heterocycles. The summed E-state index contributed by atoms with van der Waals surface area (Å²) < 4.78 is 30.6. The molecule has 3 heterocycles. The fraction of sp³-hybridized carbons (Fsp3) is 0.714. The number of ether oxygens (including phenoxy) is 2. The van der Waals surface area contributed by atoms with E-state index in [9.17, 15) is 9.00 Å². The molecule has 2 aliphatic rings. The number of hydrogen-bond donors (Lipinski definition) is 1. The average Bonchev–Trinajstić information content (AvgIpc) is 3.02. The molecule has 1 aromatic rings. The molecule has 9 heteroatoms. The average molecular weight is 359 g/mol. The van der Waals surface area contributed by atoms with Crippen molar-refractivity contribution in [3.05, 3.63) is 11.1 Å². The van der Waals surface area contributed by atoms with Crippen LogP contribution < -0.4 is 4.90 Å². The van der Waals surface area contributed by atoms with E-state index in [1.165, 1.54) is 11.3 Å². The highest BCUT2D eigenvalue weighted by Crippen LogP contribution is 2.34. The van der Waals surface area contributed by atoms with Gasteiger partial charge in [-0.2, -0.15) is 0 Å². The molecule has 128 valence electrons. The molecule has 0 amide bonds. The predicted octanol–water partition coefficient (Wildman–Crippen LogP) is 1.74. The normalized spacial score (nSPS) is 31.3. The van der Waals surface area contributed by atoms with Crippen molar-refractivity contribution in [1.29, 1.82) is 4.78 Å². The van der Waals surface area contributed by atoms with Crippen LogP contribution in [0.3, 0.4) is 0 Å². The van der Waals surface area contributed by atoms with E-state index in [1.54, 1.807) is 13.1 Å². The van der Waals surface area contributed by atoms with E-state index < -0.39 is 9.73 Å². The standard InChI is InChI=1S/C14H21N3O4S2/c1-2-20-12(18)11-9-16-13(22-11)17-5-6-21-14(10-17)3-7-23(15,19)8-4-14/h9,15H,2-8,10H2,1H3. The van der Waals surface area contributed by atoms with Crippen LogP contribution in [0.2, 0.25) is 0 Å². The Bertz CT molecular complexity index is 672. The Morgan fingerprint density at radius 3 is 3.00 bits per heavy atom. The maximum Gasteiger partial charge on any atom is 0.350 e. The Morgan fingerprint density at radius 2 is 2.30 bits per heavy atom. The largest absolute Gasteiger partial charge is 0.462 e. The molecule has 7 nitrogen and oxygen atoms in total. The van der Waals surface area contributed by atoms with Gasteiger partial charge < -0.3 is 14.4 Å². The monoisotopic (exact) mass is 359 g/mol. The highest BCUT2D eigenvalue weighted by Gasteiger charge is 2.41. The summed E-state index contributed by atoms with van der Waals surface area (Å²) in [4.78, 5) is 18.7. The fourth-order valence-electron chi connectivity index (χ4n) is 2.95. The van der Waals surface area contributed by atoms with Crippen molar-refractivity contribution in [2.45, 2.75) is 25.4 Å². The summed E-state index contributed by atoms with van der Waals surface area (Å²) in [6.07, 6.45) is 2.83. The van der Waals surface area contributed by atoms with Gasteiger partial charge in [0.15, 0.2) is 5.13 Å². The van der Waals surface area contributed by atoms with E-state index in [0.29, 0.717) is 55.5 Å². The minimum atomic E-state index is -2.43. The first-order valence-corrected chi connectivity index (χ1v) is 10.4. The number of rotatable bonds is 3. The van der Waals surface area contributed by atoms with Crippen LogP contribution in [0.4, 0.5) is 5.13 Å². The minimum Gasteiger partial charge on any atom is -0.462 e. The quantitative estimate of drug-likeness (QED) is 0.827. The van der Waals surface area contributed by atoms with Gasteiger partial charge in [0.05, 0.1) is 25.0 Å². The zero-order valence-corrected chi connectivity index (χ0v) is 14.7. The molecule has 0 radical (unpaired) electrons. The van der Waals surface area contributed by atoms with Crippen molar-refractivity contribution in [2.75, 3.05) is 42.7 Å². The minimum absolute atomic E-state index is 0.337. The van der Waals surface area contributed by atoms with E-state index >= 15 is 0 Å². The Labute approximate surface area is 140 Å². The summed E-state index contributed by atoms with van der Waals surface area (Å²) in [6.45, 7) is 4.08. The van der Waals surface area contributed by atoms with Gasteiger partial charge in [-0.15, -0.1) is 0 Å². The van der Waals surface area contributed by atoms with Crippen LogP contribution in [-0.4, -0.2) is 58.6 Å². The van der Waals surface area contributed by atoms with Gasteiger partial charge in [-0.25, -0.2) is 14.0 Å². The van der Waals surface area contributed by atoms with E-state index in [0.717, 1.165) is 5.13 Å². The molecule has 0 aromatic carbocycles. The van der Waals surface area contributed by atoms with Gasteiger partial charge >= 0.3 is 5.97 Å². The van der Waals surface area contributed by atoms with Crippen LogP contribution in [0.25, 0.3) is 0 Å². The molecule has 0 aliphatic carbocycles. The van der Waals surface area contributed by atoms with Crippen molar-refractivity contribution >= 4 is 32.2 Å². The first kappa shape index (κ1) is 16.7. The Kier molecular flexibility index (Phi) is 4.61. The maximum atomic E-state index is 11.9. The van der Waals surface area contributed by atoms with Crippen LogP contribution in [0.15, 0.2) is 6.20 Å². The zero-order chi connectivity index (χ0) is 16.5. The first-order chi connectivity index (χ1) is 10.9. The number of thiazole rings is 1. The van der Waals surface area contributed by atoms with Crippen molar-refractivity contribution < 1.29 is 18.5 Å². The number of nitrogens with one attached hydrogen (secondary N) is 1. The molecule has 0 saturated carbocycles. The van der Waals surface area contributed by atoms with E-state index in [2.05, 4.69) is 9.88 Å². The van der Waals surface area contributed by atoms with E-state index in [-0.39, 0.29) is 11.6 Å². The summed E-state index contributed by atoms with van der Waals surface area (Å²) in [5, 5.41) is 0.785. The molecule has 23 heavy (non-hydrogen) atoms. The third-order valence-corrected chi connectivity index (χ3v) is 7.03. The summed E-state index contributed by atoms with van der Waals surface area (Å²) in [7, 11) is -2.43. The smallest absolute Gasteiger partial charge is 0.350 e. The summed E-state index contributed by atoms with van der Waals surface area (Å²) >= 11 is 1.33. The predicted molar refractivity (Wildman–Crippen MR) is 88.8 cm³/mol. The number of anilines is 1. The molecule has 0 atom stereocenters. The van der Waals surface area contributed by atoms with Crippen LogP contribution in [0.5, 0.6) is 0 Å². The molecule has 2 aliphatic heterocycles. The molecular formula is C14H21N3O4S2. The lowest BCUT2D eigenvalue weighted by molar-refractivity contribution is -0.0613. The number of aromatic nitrogens is 1. The molecular weight excluding hydrogens is 338 g/mol. The number of carbonyl (C=O) groups excluding carboxylic acids is 1. The second kappa shape index (κ2) is 6.37. The van der Waals surface area contributed by atoms with Gasteiger partial charge in [0.25, 0.3) is 0 Å². The van der Waals surface area contributed by atoms with Gasteiger partial charge in [-0.3, -0.25) is 4.78 Å². The van der Waals surface area contributed by atoms with Crippen LogP contribution in [0, 0.1) is 4.78 Å². The summed E-state index contributed by atoms with van der Waals surface area (Å²) in [5.74, 6) is 0.449. The number of esters is 1. The Morgan fingerprint density at radius 1 is 1.57 bits per heavy atom. The van der Waals surface area contributed by atoms with Gasteiger partial charge in [0.2, 0.25) is 0 Å². The van der Waals surface area contributed by atoms with Crippen molar-refractivity contribution in [3.63, 3.8) is 0 Å². The highest BCUT2D eigenvalue weighted by atomic mass is 32.2. The van der Waals surface area contributed by atoms with Crippen molar-refractivity contribution in [2.24, 2.45) is 0 Å².